The molecular weight excluding hydrogens is 264 g/mol. The molecule has 0 aliphatic carbocycles. The van der Waals surface area contributed by atoms with Gasteiger partial charge in [0.15, 0.2) is 0 Å². The molecule has 2 nitrogen and oxygen atoms in total. The van der Waals surface area contributed by atoms with Crippen LogP contribution < -0.4 is 0 Å². The molecule has 0 aliphatic heterocycles. The number of aldehydes is 1. The Balaban J connectivity index is 2.73. The summed E-state index contributed by atoms with van der Waals surface area (Å²) in [4.78, 5) is 11.5. The predicted octanol–water partition coefficient (Wildman–Crippen LogP) is 2.97. The first-order chi connectivity index (χ1) is 6.74. The van der Waals surface area contributed by atoms with E-state index >= 15 is 0 Å². The number of benzene rings is 1. The van der Waals surface area contributed by atoms with Gasteiger partial charge in [-0.3, -0.25) is 4.79 Å². The molecule has 0 radical (unpaired) electrons. The van der Waals surface area contributed by atoms with Crippen LogP contribution in [0.5, 0.6) is 0 Å². The summed E-state index contributed by atoms with van der Waals surface area (Å²) in [5.41, 5.74) is 0.649. The Kier molecular flexibility index (Phi) is 2.67. The molecule has 1 heterocycles. The quantitative estimate of drug-likeness (QED) is 0.852. The van der Waals surface area contributed by atoms with Crippen LogP contribution in [0.4, 0.5) is 0 Å². The zero-order valence-corrected chi connectivity index (χ0v) is 9.56. The Morgan fingerprint density at radius 3 is 2.86 bits per heavy atom. The summed E-state index contributed by atoms with van der Waals surface area (Å²) >= 11 is 4.90. The van der Waals surface area contributed by atoms with Crippen molar-refractivity contribution in [3.8, 4) is 0 Å². The normalized spacial score (nSPS) is 10.7. The van der Waals surface area contributed by atoms with E-state index in [9.17, 15) is 4.79 Å². The first-order valence-electron chi connectivity index (χ1n) is 4.02. The van der Waals surface area contributed by atoms with Crippen molar-refractivity contribution in [1.82, 2.24) is 0 Å². The molecule has 4 heteroatoms. The van der Waals surface area contributed by atoms with E-state index in [1.165, 1.54) is 11.3 Å². The molecule has 0 bridgehead atoms. The molecule has 1 N–H and O–H groups in total. The summed E-state index contributed by atoms with van der Waals surface area (Å²) < 4.78 is 1.92. The smallest absolute Gasteiger partial charge is 0.150 e. The third-order valence-corrected chi connectivity index (χ3v) is 3.68. The Morgan fingerprint density at radius 2 is 2.21 bits per heavy atom. The highest BCUT2D eigenvalue weighted by molar-refractivity contribution is 9.10. The van der Waals surface area contributed by atoms with E-state index < -0.39 is 0 Å². The number of aliphatic hydroxyl groups is 1. The molecule has 0 amide bonds. The van der Waals surface area contributed by atoms with E-state index in [0.29, 0.717) is 5.56 Å². The minimum Gasteiger partial charge on any atom is -0.391 e. The average molecular weight is 271 g/mol. The Bertz CT molecular complexity index is 490. The molecule has 1 aromatic carbocycles. The van der Waals surface area contributed by atoms with E-state index in [4.69, 9.17) is 5.11 Å². The van der Waals surface area contributed by atoms with Gasteiger partial charge in [-0.1, -0.05) is 15.9 Å². The molecule has 0 saturated heterocycles. The number of rotatable bonds is 2. The molecule has 72 valence electrons. The van der Waals surface area contributed by atoms with Gasteiger partial charge in [-0.15, -0.1) is 11.3 Å². The first-order valence-corrected chi connectivity index (χ1v) is 5.63. The minimum absolute atomic E-state index is 0.0439. The number of fused-ring (bicyclic) bond motifs is 1. The van der Waals surface area contributed by atoms with Crippen molar-refractivity contribution in [3.05, 3.63) is 33.1 Å². The molecule has 2 rings (SSSR count). The van der Waals surface area contributed by atoms with E-state index in [1.54, 1.807) is 6.07 Å². The highest BCUT2D eigenvalue weighted by atomic mass is 79.9. The van der Waals surface area contributed by atoms with Gasteiger partial charge >= 0.3 is 0 Å². The Morgan fingerprint density at radius 1 is 1.43 bits per heavy atom. The fraction of sp³-hybridized carbons (Fsp3) is 0.100. The van der Waals surface area contributed by atoms with Gasteiger partial charge in [0.25, 0.3) is 0 Å². The van der Waals surface area contributed by atoms with Crippen LogP contribution in [0.15, 0.2) is 22.7 Å². The SMILES string of the molecule is O=Cc1cc(Br)c2cc(CO)sc2c1. The molecule has 0 unspecified atom stereocenters. The molecule has 0 atom stereocenters. The third-order valence-electron chi connectivity index (χ3n) is 1.95. The van der Waals surface area contributed by atoms with Crippen molar-refractivity contribution in [3.63, 3.8) is 0 Å². The van der Waals surface area contributed by atoms with Crippen LogP contribution in [0.3, 0.4) is 0 Å². The van der Waals surface area contributed by atoms with Crippen LogP contribution in [0, 0.1) is 0 Å². The maximum absolute atomic E-state index is 10.6. The van der Waals surface area contributed by atoms with Gasteiger partial charge in [0.1, 0.15) is 6.29 Å². The number of hydrogen-bond acceptors (Lipinski definition) is 3. The van der Waals surface area contributed by atoms with Gasteiger partial charge in [0, 0.05) is 25.0 Å². The summed E-state index contributed by atoms with van der Waals surface area (Å²) in [6.45, 7) is 0.0439. The molecule has 1 aromatic heterocycles. The molecule has 0 fully saturated rings. The fourth-order valence-electron chi connectivity index (χ4n) is 1.31. The van der Waals surface area contributed by atoms with Crippen LogP contribution in [0.25, 0.3) is 10.1 Å². The average Bonchev–Trinajstić information content (AvgIpc) is 2.61. The maximum atomic E-state index is 10.6. The van der Waals surface area contributed by atoms with Gasteiger partial charge in [-0.05, 0) is 18.2 Å². The monoisotopic (exact) mass is 270 g/mol. The first kappa shape index (κ1) is 9.83. The minimum atomic E-state index is 0.0439. The van der Waals surface area contributed by atoms with Crippen molar-refractivity contribution >= 4 is 43.6 Å². The summed E-state index contributed by atoms with van der Waals surface area (Å²) in [5, 5.41) is 10.0. The highest BCUT2D eigenvalue weighted by Crippen LogP contribution is 2.32. The lowest BCUT2D eigenvalue weighted by molar-refractivity contribution is 0.112. The lowest BCUT2D eigenvalue weighted by Crippen LogP contribution is -1.78. The topological polar surface area (TPSA) is 37.3 Å². The molecule has 2 aromatic rings. The van der Waals surface area contributed by atoms with Gasteiger partial charge in [-0.2, -0.15) is 0 Å². The van der Waals surface area contributed by atoms with Crippen molar-refractivity contribution in [2.45, 2.75) is 6.61 Å². The number of thiophene rings is 1. The fourth-order valence-corrected chi connectivity index (χ4v) is 3.04. The molecule has 0 saturated carbocycles. The van der Waals surface area contributed by atoms with Gasteiger partial charge in [0.2, 0.25) is 0 Å². The summed E-state index contributed by atoms with van der Waals surface area (Å²) in [5.74, 6) is 0. The second-order valence-corrected chi connectivity index (χ2v) is 4.93. The molecule has 14 heavy (non-hydrogen) atoms. The van der Waals surface area contributed by atoms with Crippen molar-refractivity contribution in [1.29, 1.82) is 0 Å². The highest BCUT2D eigenvalue weighted by Gasteiger charge is 2.06. The molecule has 0 spiro atoms. The second kappa shape index (κ2) is 3.81. The van der Waals surface area contributed by atoms with Crippen LogP contribution in [0.2, 0.25) is 0 Å². The largest absolute Gasteiger partial charge is 0.391 e. The van der Waals surface area contributed by atoms with E-state index in [0.717, 1.165) is 25.7 Å². The van der Waals surface area contributed by atoms with Crippen molar-refractivity contribution in [2.75, 3.05) is 0 Å². The van der Waals surface area contributed by atoms with Crippen molar-refractivity contribution in [2.24, 2.45) is 0 Å². The number of hydrogen-bond donors (Lipinski definition) is 1. The number of carbonyl (C=O) groups excluding carboxylic acids is 1. The Labute approximate surface area is 93.3 Å². The number of aliphatic hydroxyl groups excluding tert-OH is 1. The van der Waals surface area contributed by atoms with E-state index in [1.807, 2.05) is 12.1 Å². The zero-order valence-electron chi connectivity index (χ0n) is 7.16. The molecular formula is C10H7BrO2S. The lowest BCUT2D eigenvalue weighted by Gasteiger charge is -1.95. The van der Waals surface area contributed by atoms with Crippen LogP contribution >= 0.6 is 27.3 Å². The second-order valence-electron chi connectivity index (χ2n) is 2.90. The summed E-state index contributed by atoms with van der Waals surface area (Å²) in [7, 11) is 0. The molecule has 0 aliphatic rings. The third kappa shape index (κ3) is 1.61. The van der Waals surface area contributed by atoms with Gasteiger partial charge < -0.3 is 5.11 Å². The maximum Gasteiger partial charge on any atom is 0.150 e. The van der Waals surface area contributed by atoms with Crippen LogP contribution in [0.1, 0.15) is 15.2 Å². The number of carbonyl (C=O) groups is 1. The lowest BCUT2D eigenvalue weighted by atomic mass is 10.2. The summed E-state index contributed by atoms with van der Waals surface area (Å²) in [6.07, 6.45) is 0.822. The van der Waals surface area contributed by atoms with E-state index in [-0.39, 0.29) is 6.61 Å². The van der Waals surface area contributed by atoms with Crippen molar-refractivity contribution < 1.29 is 9.90 Å². The van der Waals surface area contributed by atoms with Crippen LogP contribution in [-0.4, -0.2) is 11.4 Å². The predicted molar refractivity (Wildman–Crippen MR) is 60.8 cm³/mol. The zero-order chi connectivity index (χ0) is 10.1. The van der Waals surface area contributed by atoms with Gasteiger partial charge in [0.05, 0.1) is 6.61 Å². The number of halogens is 1. The van der Waals surface area contributed by atoms with Crippen LogP contribution in [-0.2, 0) is 6.61 Å². The Hall–Kier alpha value is -0.710. The van der Waals surface area contributed by atoms with Gasteiger partial charge in [-0.25, -0.2) is 0 Å². The van der Waals surface area contributed by atoms with E-state index in [2.05, 4.69) is 15.9 Å². The standard InChI is InChI=1S/C10H7BrO2S/c11-9-1-6(4-12)2-10-8(9)3-7(5-13)14-10/h1-4,13H,5H2. The summed E-state index contributed by atoms with van der Waals surface area (Å²) in [6, 6.07) is 5.54.